The van der Waals surface area contributed by atoms with E-state index in [-0.39, 0.29) is 6.09 Å². The number of nitrogens with one attached hydrogen (secondary N) is 1. The molecule has 47 heavy (non-hydrogen) atoms. The van der Waals surface area contributed by atoms with Crippen LogP contribution in [0.3, 0.4) is 0 Å². The van der Waals surface area contributed by atoms with Gasteiger partial charge in [-0.2, -0.15) is 9.68 Å². The second-order valence-corrected chi connectivity index (χ2v) is 12.3. The molecule has 0 atom stereocenters. The zero-order valence-corrected chi connectivity index (χ0v) is 28.3. The lowest BCUT2D eigenvalue weighted by molar-refractivity contribution is -0.485. The normalized spacial score (nSPS) is 19.2. The molecule has 1 N–H and O–H groups in total. The molecule has 3 aliphatic rings. The van der Waals surface area contributed by atoms with Crippen molar-refractivity contribution in [3.05, 3.63) is 88.8 Å². The Kier molecular flexibility index (Phi) is 9.93. The third kappa shape index (κ3) is 7.62. The molecule has 0 saturated carbocycles. The second kappa shape index (κ2) is 14.1. The predicted octanol–water partition coefficient (Wildman–Crippen LogP) is 5.08. The van der Waals surface area contributed by atoms with E-state index in [1.165, 1.54) is 0 Å². The van der Waals surface area contributed by atoms with Crippen LogP contribution in [0.5, 0.6) is 5.75 Å². The third-order valence-corrected chi connectivity index (χ3v) is 7.57. The van der Waals surface area contributed by atoms with E-state index in [0.29, 0.717) is 49.3 Å². The summed E-state index contributed by atoms with van der Waals surface area (Å²) in [5.74, 6) is 2.72. The molecular weight excluding hydrogens is 594 g/mol. The second-order valence-electron chi connectivity index (χ2n) is 12.3. The quantitative estimate of drug-likeness (QED) is 0.345. The molecule has 2 aromatic rings. The van der Waals surface area contributed by atoms with Crippen LogP contribution in [0, 0.1) is 6.92 Å². The predicted molar refractivity (Wildman–Crippen MR) is 185 cm³/mol. The van der Waals surface area contributed by atoms with Crippen LogP contribution < -0.4 is 20.6 Å². The van der Waals surface area contributed by atoms with Gasteiger partial charge in [0.1, 0.15) is 35.8 Å². The van der Waals surface area contributed by atoms with Crippen molar-refractivity contribution in [1.82, 2.24) is 19.9 Å². The Morgan fingerprint density at radius 2 is 2.06 bits per heavy atom. The van der Waals surface area contributed by atoms with Crippen molar-refractivity contribution in [3.8, 4) is 5.75 Å². The van der Waals surface area contributed by atoms with E-state index in [2.05, 4.69) is 44.5 Å². The fourth-order valence-corrected chi connectivity index (χ4v) is 5.47. The summed E-state index contributed by atoms with van der Waals surface area (Å²) >= 11 is 0. The van der Waals surface area contributed by atoms with Crippen molar-refractivity contribution in [2.75, 3.05) is 31.6 Å². The number of anilines is 2. The third-order valence-electron chi connectivity index (χ3n) is 7.57. The number of hydrazone groups is 1. The summed E-state index contributed by atoms with van der Waals surface area (Å²) in [5, 5.41) is 11.0. The molecule has 11 heteroatoms. The highest BCUT2D eigenvalue weighted by Crippen LogP contribution is 2.28. The van der Waals surface area contributed by atoms with E-state index >= 15 is 0 Å². The van der Waals surface area contributed by atoms with Crippen molar-refractivity contribution in [2.24, 2.45) is 5.10 Å². The van der Waals surface area contributed by atoms with Gasteiger partial charge in [0, 0.05) is 24.2 Å². The van der Waals surface area contributed by atoms with Gasteiger partial charge >= 0.3 is 6.09 Å². The van der Waals surface area contributed by atoms with Gasteiger partial charge in [0.2, 0.25) is 17.2 Å². The minimum Gasteiger partial charge on any atom is -0.475 e. The van der Waals surface area contributed by atoms with Gasteiger partial charge in [-0.25, -0.2) is 19.8 Å². The fourth-order valence-electron chi connectivity index (χ4n) is 5.47. The Morgan fingerprint density at radius 1 is 1.26 bits per heavy atom. The largest absolute Gasteiger partial charge is 0.475 e. The van der Waals surface area contributed by atoms with Crippen LogP contribution in [-0.4, -0.2) is 74.3 Å². The van der Waals surface area contributed by atoms with Crippen LogP contribution in [-0.2, 0) is 9.47 Å². The molecule has 3 aliphatic heterocycles. The lowest BCUT2D eigenvalue weighted by Crippen LogP contribution is -2.52. The topological polar surface area (TPSA) is 104 Å². The molecule has 11 nitrogen and oxygen atoms in total. The summed E-state index contributed by atoms with van der Waals surface area (Å²) in [7, 11) is 0. The molecular formula is C36H44N7O4+. The summed E-state index contributed by atoms with van der Waals surface area (Å²) < 4.78 is 20.6. The van der Waals surface area contributed by atoms with Gasteiger partial charge in [-0.05, 0) is 83.9 Å². The number of carbonyl (C=O) groups is 1. The number of benzene rings is 1. The average Bonchev–Trinajstić information content (AvgIpc) is 3.03. The van der Waals surface area contributed by atoms with E-state index < -0.39 is 5.60 Å². The van der Waals surface area contributed by atoms with Crippen LogP contribution in [0.1, 0.15) is 53.5 Å². The molecule has 0 aliphatic carbocycles. The van der Waals surface area contributed by atoms with Crippen LogP contribution in [0.15, 0.2) is 77.8 Å². The highest BCUT2D eigenvalue weighted by atomic mass is 16.6. The summed E-state index contributed by atoms with van der Waals surface area (Å²) in [6, 6.07) is 5.90. The number of hydrogen-bond donors (Lipinski definition) is 1. The van der Waals surface area contributed by atoms with Crippen LogP contribution >= 0.6 is 0 Å². The molecule has 1 aromatic heterocycles. The Morgan fingerprint density at radius 3 is 2.74 bits per heavy atom. The minimum absolute atomic E-state index is 0.316. The maximum absolute atomic E-state index is 12.8. The molecule has 0 bridgehead atoms. The molecule has 5 rings (SSSR count). The first-order valence-electron chi connectivity index (χ1n) is 15.9. The van der Waals surface area contributed by atoms with E-state index in [1.54, 1.807) is 22.5 Å². The molecule has 0 saturated heterocycles. The molecule has 246 valence electrons. The van der Waals surface area contributed by atoms with Gasteiger partial charge in [0.15, 0.2) is 13.2 Å². The molecule has 4 heterocycles. The Bertz CT molecular complexity index is 1850. The highest BCUT2D eigenvalue weighted by molar-refractivity contribution is 5.89. The average molecular weight is 639 g/mol. The maximum Gasteiger partial charge on any atom is 0.411 e. The first kappa shape index (κ1) is 33.2. The SMILES string of the molecule is C=C1C=C(Oc2ccc(Nc3ncnc(=C/C)/c3=C3/OCC4=[N+](CCN(C(=O)OC(C)(C)C)C4)/C3=C\CC)cc2C)C=CN1/N=C\C. The van der Waals surface area contributed by atoms with Crippen molar-refractivity contribution in [2.45, 2.75) is 60.5 Å². The summed E-state index contributed by atoms with van der Waals surface area (Å²) in [6.45, 7) is 19.5. The lowest BCUT2D eigenvalue weighted by Gasteiger charge is -2.31. The number of amides is 1. The monoisotopic (exact) mass is 638 g/mol. The highest BCUT2D eigenvalue weighted by Gasteiger charge is 2.38. The van der Waals surface area contributed by atoms with Crippen LogP contribution in [0.25, 0.3) is 11.8 Å². The number of nitrogens with zero attached hydrogens (tertiary/aromatic N) is 6. The van der Waals surface area contributed by atoms with Gasteiger partial charge < -0.3 is 19.5 Å². The van der Waals surface area contributed by atoms with E-state index in [1.807, 2.05) is 84.2 Å². The standard InChI is InChI=1S/C36H44N7O4/c1-9-12-30-33(45-22-27-21-41(17-18-42(27)30)35(44)47-36(6,7)8)32-29(10-2)37-23-38-34(32)40-26-13-14-31(24(4)19-26)46-28-15-16-43(39-11-3)25(5)20-28/h10-16,19-20,23H,5,9,17-18,21-22H2,1-4,6-8H3,(H,37,38,40)/q+1/b29-10+,30-12-,33-32-,39-11-. The number of hydrogen-bond acceptors (Lipinski definition) is 9. The fraction of sp³-hybridized carbons (Fsp3) is 0.361. The number of rotatable bonds is 6. The zero-order valence-electron chi connectivity index (χ0n) is 28.3. The summed E-state index contributed by atoms with van der Waals surface area (Å²) in [5.41, 5.74) is 3.88. The zero-order chi connectivity index (χ0) is 33.7. The number of allylic oxidation sites excluding steroid dienone is 3. The van der Waals surface area contributed by atoms with Crippen molar-refractivity contribution < 1.29 is 23.6 Å². The number of aryl methyl sites for hydroxylation is 1. The van der Waals surface area contributed by atoms with Crippen LogP contribution in [0.2, 0.25) is 0 Å². The van der Waals surface area contributed by atoms with Gasteiger partial charge in [-0.1, -0.05) is 19.6 Å². The summed E-state index contributed by atoms with van der Waals surface area (Å²) in [4.78, 5) is 23.8. The summed E-state index contributed by atoms with van der Waals surface area (Å²) in [6.07, 6.45) is 13.4. The maximum atomic E-state index is 12.8. The molecule has 0 fully saturated rings. The smallest absolute Gasteiger partial charge is 0.411 e. The van der Waals surface area contributed by atoms with Crippen LogP contribution in [0.4, 0.5) is 16.3 Å². The van der Waals surface area contributed by atoms with Gasteiger partial charge in [-0.15, -0.1) is 0 Å². The molecule has 1 aromatic carbocycles. The Hall–Kier alpha value is -5.19. The minimum atomic E-state index is -0.557. The number of carbonyl (C=O) groups excluding carboxylic acids is 1. The Balaban J connectivity index is 1.45. The van der Waals surface area contributed by atoms with Gasteiger partial charge in [0.25, 0.3) is 0 Å². The van der Waals surface area contributed by atoms with E-state index in [4.69, 9.17) is 14.2 Å². The molecule has 1 amide bonds. The molecule has 0 spiro atoms. The van der Waals surface area contributed by atoms with Crippen molar-refractivity contribution >= 4 is 41.4 Å². The molecule has 0 radical (unpaired) electrons. The van der Waals surface area contributed by atoms with Gasteiger partial charge in [0.05, 0.1) is 22.8 Å². The van der Waals surface area contributed by atoms with Crippen molar-refractivity contribution in [3.63, 3.8) is 0 Å². The van der Waals surface area contributed by atoms with E-state index in [9.17, 15) is 4.79 Å². The lowest BCUT2D eigenvalue weighted by atomic mass is 10.1. The Labute approximate surface area is 276 Å². The van der Waals surface area contributed by atoms with Crippen molar-refractivity contribution in [1.29, 1.82) is 0 Å². The van der Waals surface area contributed by atoms with E-state index in [0.717, 1.165) is 45.4 Å². The van der Waals surface area contributed by atoms with Gasteiger partial charge in [-0.3, -0.25) is 4.90 Å². The first-order valence-corrected chi connectivity index (χ1v) is 15.9. The first-order chi connectivity index (χ1) is 22.5. The number of aromatic nitrogens is 2. The number of ether oxygens (including phenoxy) is 3. The molecule has 0 unspecified atom stereocenters.